The Morgan fingerprint density at radius 3 is 1.79 bits per heavy atom. The Morgan fingerprint density at radius 2 is 1.34 bits per heavy atom. The Kier molecular flexibility index (Phi) is 10.1. The second-order valence-electron chi connectivity index (χ2n) is 8.94. The van der Waals surface area contributed by atoms with Crippen LogP contribution in [0.4, 0.5) is 0 Å². The van der Waals surface area contributed by atoms with Gasteiger partial charge in [-0.15, -0.1) is 0 Å². The van der Waals surface area contributed by atoms with Crippen LogP contribution in [0.5, 0.6) is 34.5 Å². The predicted octanol–water partition coefficient (Wildman–Crippen LogP) is 4.79. The number of allylic oxidation sites excluding steroid dienone is 1. The topological polar surface area (TPSA) is 90.9 Å². The van der Waals surface area contributed by atoms with Gasteiger partial charge in [0.15, 0.2) is 23.0 Å². The number of methoxy groups -OCH3 is 6. The van der Waals surface area contributed by atoms with Crippen LogP contribution in [0.15, 0.2) is 35.9 Å². The molecule has 1 saturated heterocycles. The number of rotatable bonds is 12. The molecule has 9 heteroatoms. The zero-order valence-corrected chi connectivity index (χ0v) is 23.4. The first-order valence-corrected chi connectivity index (χ1v) is 12.4. The number of esters is 1. The van der Waals surface area contributed by atoms with E-state index in [1.807, 2.05) is 24.3 Å². The van der Waals surface area contributed by atoms with Gasteiger partial charge in [0.1, 0.15) is 0 Å². The zero-order chi connectivity index (χ0) is 27.8. The standard InChI is InChI=1S/C29H38O9/c1-9-17(2)29(30)38-16-21-20(10-18-11-22(31-3)27(35-7)23(12-18)32-4)15-37-26(21)19-13-24(33-5)28(36-8)25(14-19)34-6/h9,11-14,20-21,26H,10,15-16H2,1-8H3/t20-,21-,26+/m0/s1. The molecular formula is C29H38O9. The van der Waals surface area contributed by atoms with Gasteiger partial charge in [0.2, 0.25) is 11.5 Å². The SMILES string of the molecule is CC=C(C)C(=O)OC[C@H]1[C@@H](Cc2cc(OC)c(OC)c(OC)c2)CO[C@@H]1c1cc(OC)c(OC)c(OC)c1. The Morgan fingerprint density at radius 1 is 0.842 bits per heavy atom. The summed E-state index contributed by atoms with van der Waals surface area (Å²) in [6.45, 7) is 4.18. The third-order valence-corrected chi connectivity index (χ3v) is 6.88. The molecular weight excluding hydrogens is 492 g/mol. The molecule has 0 N–H and O–H groups in total. The molecule has 0 radical (unpaired) electrons. The Balaban J connectivity index is 1.98. The molecule has 9 nitrogen and oxygen atoms in total. The van der Waals surface area contributed by atoms with Crippen LogP contribution in [0.2, 0.25) is 0 Å². The first-order chi connectivity index (χ1) is 18.3. The lowest BCUT2D eigenvalue weighted by Crippen LogP contribution is -2.25. The molecule has 2 aromatic rings. The number of hydrogen-bond acceptors (Lipinski definition) is 9. The predicted molar refractivity (Wildman–Crippen MR) is 142 cm³/mol. The Labute approximate surface area is 224 Å². The van der Waals surface area contributed by atoms with Crippen molar-refractivity contribution >= 4 is 5.97 Å². The first kappa shape index (κ1) is 29.0. The lowest BCUT2D eigenvalue weighted by molar-refractivity contribution is -0.141. The minimum Gasteiger partial charge on any atom is -0.493 e. The van der Waals surface area contributed by atoms with E-state index in [-0.39, 0.29) is 30.5 Å². The van der Waals surface area contributed by atoms with Crippen LogP contribution in [-0.4, -0.2) is 61.8 Å². The average molecular weight is 531 g/mol. The molecule has 0 saturated carbocycles. The maximum absolute atomic E-state index is 12.5. The summed E-state index contributed by atoms with van der Waals surface area (Å²) in [5, 5.41) is 0. The van der Waals surface area contributed by atoms with Gasteiger partial charge in [0.05, 0.1) is 62.0 Å². The monoisotopic (exact) mass is 530 g/mol. The second kappa shape index (κ2) is 13.3. The van der Waals surface area contributed by atoms with E-state index in [0.717, 1.165) is 11.1 Å². The fourth-order valence-corrected chi connectivity index (χ4v) is 4.72. The molecule has 1 aliphatic rings. The molecule has 3 rings (SSSR count). The van der Waals surface area contributed by atoms with Crippen LogP contribution in [0, 0.1) is 11.8 Å². The van der Waals surface area contributed by atoms with Crippen LogP contribution in [0.1, 0.15) is 31.1 Å². The second-order valence-corrected chi connectivity index (χ2v) is 8.94. The fraction of sp³-hybridized carbons (Fsp3) is 0.483. The largest absolute Gasteiger partial charge is 0.493 e. The zero-order valence-electron chi connectivity index (χ0n) is 23.4. The smallest absolute Gasteiger partial charge is 0.333 e. The molecule has 1 fully saturated rings. The molecule has 0 amide bonds. The van der Waals surface area contributed by atoms with Crippen molar-refractivity contribution in [2.45, 2.75) is 26.4 Å². The van der Waals surface area contributed by atoms with Gasteiger partial charge in [-0.3, -0.25) is 0 Å². The van der Waals surface area contributed by atoms with E-state index in [9.17, 15) is 4.79 Å². The van der Waals surface area contributed by atoms with E-state index in [2.05, 4.69) is 0 Å². The highest BCUT2D eigenvalue weighted by Gasteiger charge is 2.40. The summed E-state index contributed by atoms with van der Waals surface area (Å²) in [6, 6.07) is 7.61. The Bertz CT molecular complexity index is 1090. The van der Waals surface area contributed by atoms with Crippen LogP contribution < -0.4 is 28.4 Å². The molecule has 1 heterocycles. The third-order valence-electron chi connectivity index (χ3n) is 6.88. The maximum Gasteiger partial charge on any atom is 0.333 e. The molecule has 0 aliphatic carbocycles. The van der Waals surface area contributed by atoms with Crippen molar-refractivity contribution in [3.05, 3.63) is 47.0 Å². The van der Waals surface area contributed by atoms with Crippen molar-refractivity contribution in [3.8, 4) is 34.5 Å². The van der Waals surface area contributed by atoms with Gasteiger partial charge in [0.25, 0.3) is 0 Å². The van der Waals surface area contributed by atoms with Gasteiger partial charge in [-0.2, -0.15) is 0 Å². The van der Waals surface area contributed by atoms with E-state index < -0.39 is 0 Å². The summed E-state index contributed by atoms with van der Waals surface area (Å²) in [6.07, 6.45) is 2.01. The van der Waals surface area contributed by atoms with E-state index in [4.69, 9.17) is 37.9 Å². The summed E-state index contributed by atoms with van der Waals surface area (Å²) < 4.78 is 45.2. The van der Waals surface area contributed by atoms with Gasteiger partial charge in [-0.1, -0.05) is 6.08 Å². The van der Waals surface area contributed by atoms with Crippen molar-refractivity contribution < 1.29 is 42.7 Å². The van der Waals surface area contributed by atoms with Crippen molar-refractivity contribution in [3.63, 3.8) is 0 Å². The van der Waals surface area contributed by atoms with Crippen molar-refractivity contribution in [1.82, 2.24) is 0 Å². The van der Waals surface area contributed by atoms with E-state index in [0.29, 0.717) is 53.1 Å². The summed E-state index contributed by atoms with van der Waals surface area (Å²) >= 11 is 0. The quantitative estimate of drug-likeness (QED) is 0.284. The van der Waals surface area contributed by atoms with Gasteiger partial charge in [0, 0.05) is 11.5 Å². The highest BCUT2D eigenvalue weighted by Crippen LogP contribution is 2.47. The van der Waals surface area contributed by atoms with Crippen molar-refractivity contribution in [2.75, 3.05) is 55.9 Å². The number of carbonyl (C=O) groups excluding carboxylic acids is 1. The Hall–Kier alpha value is -3.59. The lowest BCUT2D eigenvalue weighted by Gasteiger charge is -2.25. The maximum atomic E-state index is 12.5. The minimum atomic E-state index is -0.366. The number of hydrogen-bond donors (Lipinski definition) is 0. The van der Waals surface area contributed by atoms with E-state index in [1.165, 1.54) is 0 Å². The van der Waals surface area contributed by atoms with Crippen molar-refractivity contribution in [1.29, 1.82) is 0 Å². The molecule has 0 spiro atoms. The molecule has 2 aromatic carbocycles. The third kappa shape index (κ3) is 6.10. The summed E-state index contributed by atoms with van der Waals surface area (Å²) in [4.78, 5) is 12.5. The molecule has 0 bridgehead atoms. The minimum absolute atomic E-state index is 0.0283. The number of ether oxygens (including phenoxy) is 8. The highest BCUT2D eigenvalue weighted by molar-refractivity contribution is 5.87. The summed E-state index contributed by atoms with van der Waals surface area (Å²) in [7, 11) is 9.46. The first-order valence-electron chi connectivity index (χ1n) is 12.4. The van der Waals surface area contributed by atoms with E-state index in [1.54, 1.807) is 62.6 Å². The van der Waals surface area contributed by atoms with Crippen LogP contribution in [0.3, 0.4) is 0 Å². The average Bonchev–Trinajstić information content (AvgIpc) is 3.35. The molecule has 0 aromatic heterocycles. The van der Waals surface area contributed by atoms with Crippen LogP contribution in [0.25, 0.3) is 0 Å². The highest BCUT2D eigenvalue weighted by atomic mass is 16.5. The number of benzene rings is 2. The van der Waals surface area contributed by atoms with Crippen LogP contribution >= 0.6 is 0 Å². The molecule has 208 valence electrons. The number of carbonyl (C=O) groups is 1. The summed E-state index contributed by atoms with van der Waals surface area (Å²) in [5.74, 6) is 2.77. The van der Waals surface area contributed by atoms with E-state index >= 15 is 0 Å². The molecule has 38 heavy (non-hydrogen) atoms. The van der Waals surface area contributed by atoms with Gasteiger partial charge >= 0.3 is 5.97 Å². The van der Waals surface area contributed by atoms with Crippen molar-refractivity contribution in [2.24, 2.45) is 11.8 Å². The fourth-order valence-electron chi connectivity index (χ4n) is 4.72. The van der Waals surface area contributed by atoms with Gasteiger partial charge < -0.3 is 37.9 Å². The van der Waals surface area contributed by atoms with Gasteiger partial charge in [-0.05, 0) is 61.6 Å². The lowest BCUT2D eigenvalue weighted by atomic mass is 9.84. The molecule has 0 unspecified atom stereocenters. The van der Waals surface area contributed by atoms with Crippen LogP contribution in [-0.2, 0) is 20.7 Å². The normalized spacial score (nSPS) is 19.1. The molecule has 3 atom stereocenters. The molecule has 1 aliphatic heterocycles. The summed E-state index contributed by atoms with van der Waals surface area (Å²) in [5.41, 5.74) is 2.38. The van der Waals surface area contributed by atoms with Gasteiger partial charge in [-0.25, -0.2) is 4.79 Å².